The van der Waals surface area contributed by atoms with Gasteiger partial charge in [0.1, 0.15) is 17.7 Å². The quantitative estimate of drug-likeness (QED) is 0.708. The number of hydrogen-bond donors (Lipinski definition) is 1. The van der Waals surface area contributed by atoms with E-state index in [0.29, 0.717) is 10.0 Å². The molecule has 0 heterocycles. The molecule has 94 valence electrons. The van der Waals surface area contributed by atoms with Crippen molar-refractivity contribution >= 4 is 38.5 Å². The van der Waals surface area contributed by atoms with E-state index < -0.39 is 17.7 Å². The van der Waals surface area contributed by atoms with Crippen molar-refractivity contribution in [2.24, 2.45) is 0 Å². The lowest BCUT2D eigenvalue weighted by molar-refractivity contribution is 0.218. The van der Waals surface area contributed by atoms with Crippen LogP contribution in [0.25, 0.3) is 0 Å². The average Bonchev–Trinajstić information content (AvgIpc) is 2.30. The van der Waals surface area contributed by atoms with Crippen molar-refractivity contribution in [3.63, 3.8) is 0 Å². The van der Waals surface area contributed by atoms with Crippen LogP contribution < -0.4 is 0 Å². The van der Waals surface area contributed by atoms with Gasteiger partial charge in [-0.25, -0.2) is 8.78 Å². The van der Waals surface area contributed by atoms with Crippen molar-refractivity contribution in [3.8, 4) is 0 Å². The third-order valence-electron chi connectivity index (χ3n) is 2.45. The third kappa shape index (κ3) is 3.07. The van der Waals surface area contributed by atoms with E-state index in [0.717, 1.165) is 21.8 Å². The Morgan fingerprint density at radius 1 is 1.06 bits per heavy atom. The summed E-state index contributed by atoms with van der Waals surface area (Å²) in [6.45, 7) is 0. The standard InChI is InChI=1S/C13H8BrF2IO/c14-12-2-1-10(17)6-11(12)13(18)7-3-8(15)5-9(16)4-7/h1-6,13,18H. The Labute approximate surface area is 125 Å². The lowest BCUT2D eigenvalue weighted by Gasteiger charge is -2.14. The first-order chi connectivity index (χ1) is 8.47. The van der Waals surface area contributed by atoms with Crippen molar-refractivity contribution in [2.45, 2.75) is 6.10 Å². The summed E-state index contributed by atoms with van der Waals surface area (Å²) in [5, 5.41) is 10.2. The Bertz CT molecular complexity index is 569. The van der Waals surface area contributed by atoms with E-state index in [1.807, 2.05) is 6.07 Å². The van der Waals surface area contributed by atoms with Gasteiger partial charge in [-0.1, -0.05) is 15.9 Å². The highest BCUT2D eigenvalue weighted by Crippen LogP contribution is 2.30. The Balaban J connectivity index is 2.47. The molecule has 2 aromatic rings. The maximum atomic E-state index is 13.1. The molecule has 0 aliphatic carbocycles. The molecule has 0 aromatic heterocycles. The van der Waals surface area contributed by atoms with Crippen LogP contribution in [0, 0.1) is 15.2 Å². The van der Waals surface area contributed by atoms with Gasteiger partial charge in [-0.2, -0.15) is 0 Å². The second-order valence-electron chi connectivity index (χ2n) is 3.77. The van der Waals surface area contributed by atoms with Gasteiger partial charge in [0.05, 0.1) is 0 Å². The minimum Gasteiger partial charge on any atom is -0.384 e. The molecule has 0 amide bonds. The van der Waals surface area contributed by atoms with Crippen LogP contribution in [0.3, 0.4) is 0 Å². The molecule has 18 heavy (non-hydrogen) atoms. The molecule has 2 aromatic carbocycles. The van der Waals surface area contributed by atoms with E-state index in [-0.39, 0.29) is 5.56 Å². The van der Waals surface area contributed by atoms with Crippen LogP contribution in [-0.4, -0.2) is 5.11 Å². The number of halogens is 4. The van der Waals surface area contributed by atoms with Gasteiger partial charge in [-0.15, -0.1) is 0 Å². The van der Waals surface area contributed by atoms with Gasteiger partial charge in [0.15, 0.2) is 0 Å². The summed E-state index contributed by atoms with van der Waals surface area (Å²) in [6, 6.07) is 8.45. The first-order valence-electron chi connectivity index (χ1n) is 5.06. The number of rotatable bonds is 2. The predicted octanol–water partition coefficient (Wildman–Crippen LogP) is 4.41. The summed E-state index contributed by atoms with van der Waals surface area (Å²) in [4.78, 5) is 0. The zero-order chi connectivity index (χ0) is 13.3. The molecule has 0 aliphatic rings. The van der Waals surface area contributed by atoms with Crippen molar-refractivity contribution in [2.75, 3.05) is 0 Å². The van der Waals surface area contributed by atoms with Crippen molar-refractivity contribution < 1.29 is 13.9 Å². The van der Waals surface area contributed by atoms with E-state index >= 15 is 0 Å². The first-order valence-corrected chi connectivity index (χ1v) is 6.93. The Hall–Kier alpha value is -0.530. The highest BCUT2D eigenvalue weighted by Gasteiger charge is 2.16. The number of hydrogen-bond acceptors (Lipinski definition) is 1. The predicted molar refractivity (Wildman–Crippen MR) is 77.3 cm³/mol. The number of benzene rings is 2. The molecule has 1 N–H and O–H groups in total. The molecule has 1 nitrogen and oxygen atoms in total. The lowest BCUT2D eigenvalue weighted by atomic mass is 10.0. The maximum absolute atomic E-state index is 13.1. The van der Waals surface area contributed by atoms with Crippen LogP contribution in [0.2, 0.25) is 0 Å². The van der Waals surface area contributed by atoms with Crippen LogP contribution in [0.5, 0.6) is 0 Å². The third-order valence-corrected chi connectivity index (χ3v) is 3.85. The zero-order valence-corrected chi connectivity index (χ0v) is 12.7. The van der Waals surface area contributed by atoms with E-state index in [9.17, 15) is 13.9 Å². The van der Waals surface area contributed by atoms with Gasteiger partial charge >= 0.3 is 0 Å². The molecule has 0 radical (unpaired) electrons. The van der Waals surface area contributed by atoms with Crippen LogP contribution in [-0.2, 0) is 0 Å². The summed E-state index contributed by atoms with van der Waals surface area (Å²) in [5.74, 6) is -1.41. The maximum Gasteiger partial charge on any atom is 0.126 e. The molecule has 5 heteroatoms. The minimum absolute atomic E-state index is 0.190. The number of aliphatic hydroxyl groups excluding tert-OH is 1. The lowest BCUT2D eigenvalue weighted by Crippen LogP contribution is -2.02. The molecular formula is C13H8BrF2IO. The molecule has 1 unspecified atom stereocenters. The molecule has 0 aliphatic heterocycles. The molecular weight excluding hydrogens is 417 g/mol. The van der Waals surface area contributed by atoms with Gasteiger partial charge < -0.3 is 5.11 Å². The molecule has 2 rings (SSSR count). The van der Waals surface area contributed by atoms with Crippen molar-refractivity contribution in [3.05, 3.63) is 67.2 Å². The highest BCUT2D eigenvalue weighted by molar-refractivity contribution is 14.1. The number of aliphatic hydroxyl groups is 1. The summed E-state index contributed by atoms with van der Waals surface area (Å²) in [7, 11) is 0. The smallest absolute Gasteiger partial charge is 0.126 e. The second kappa shape index (κ2) is 5.63. The molecule has 0 fully saturated rings. The monoisotopic (exact) mass is 424 g/mol. The Morgan fingerprint density at radius 3 is 2.28 bits per heavy atom. The van der Waals surface area contributed by atoms with Crippen LogP contribution in [0.1, 0.15) is 17.2 Å². The zero-order valence-electron chi connectivity index (χ0n) is 9.00. The summed E-state index contributed by atoms with van der Waals surface area (Å²) in [6.07, 6.45) is -1.07. The summed E-state index contributed by atoms with van der Waals surface area (Å²) in [5.41, 5.74) is 0.766. The van der Waals surface area contributed by atoms with E-state index in [1.54, 1.807) is 12.1 Å². The molecule has 0 saturated carbocycles. The van der Waals surface area contributed by atoms with Gasteiger partial charge in [0.2, 0.25) is 0 Å². The normalized spacial score (nSPS) is 12.5. The molecule has 0 saturated heterocycles. The first kappa shape index (κ1) is 13.9. The van der Waals surface area contributed by atoms with Gasteiger partial charge in [0, 0.05) is 19.7 Å². The average molecular weight is 425 g/mol. The fraction of sp³-hybridized carbons (Fsp3) is 0.0769. The second-order valence-corrected chi connectivity index (χ2v) is 5.87. The highest BCUT2D eigenvalue weighted by atomic mass is 127. The van der Waals surface area contributed by atoms with Crippen LogP contribution in [0.4, 0.5) is 8.78 Å². The van der Waals surface area contributed by atoms with Gasteiger partial charge in [-0.3, -0.25) is 0 Å². The van der Waals surface area contributed by atoms with Crippen molar-refractivity contribution in [1.82, 2.24) is 0 Å². The summed E-state index contributed by atoms with van der Waals surface area (Å²) < 4.78 is 27.9. The minimum atomic E-state index is -1.07. The topological polar surface area (TPSA) is 20.2 Å². The SMILES string of the molecule is OC(c1cc(F)cc(F)c1)c1cc(I)ccc1Br. The van der Waals surface area contributed by atoms with E-state index in [4.69, 9.17) is 0 Å². The van der Waals surface area contributed by atoms with E-state index in [2.05, 4.69) is 38.5 Å². The Morgan fingerprint density at radius 2 is 1.67 bits per heavy atom. The van der Waals surface area contributed by atoms with E-state index in [1.165, 1.54) is 0 Å². The molecule has 0 bridgehead atoms. The van der Waals surface area contributed by atoms with Crippen molar-refractivity contribution in [1.29, 1.82) is 0 Å². The van der Waals surface area contributed by atoms with Gasteiger partial charge in [0.25, 0.3) is 0 Å². The fourth-order valence-corrected chi connectivity index (χ4v) is 2.62. The van der Waals surface area contributed by atoms with Gasteiger partial charge in [-0.05, 0) is 58.5 Å². The largest absolute Gasteiger partial charge is 0.384 e. The van der Waals surface area contributed by atoms with Crippen LogP contribution in [0.15, 0.2) is 40.9 Å². The molecule has 1 atom stereocenters. The fourth-order valence-electron chi connectivity index (χ4n) is 1.64. The molecule has 0 spiro atoms. The van der Waals surface area contributed by atoms with Crippen LogP contribution >= 0.6 is 38.5 Å². The Kier molecular flexibility index (Phi) is 4.34. The summed E-state index contributed by atoms with van der Waals surface area (Å²) >= 11 is 5.42.